The Kier molecular flexibility index (Phi) is 7.68. The number of aromatic nitrogens is 4. The number of nitrogens with zero attached hydrogens (tertiary/aromatic N) is 5. The average molecular weight is 597 g/mol. The first-order valence-corrected chi connectivity index (χ1v) is 12.8. The van der Waals surface area contributed by atoms with Crippen LogP contribution in [0.4, 0.5) is 0 Å². The molecule has 3 heterocycles. The molecule has 5 aromatic rings. The lowest BCUT2D eigenvalue weighted by Crippen LogP contribution is -2.37. The first-order valence-electron chi connectivity index (χ1n) is 12.0. The molecule has 0 unspecified atom stereocenters. The number of amides is 1. The number of methoxy groups -OCH3 is 1. The van der Waals surface area contributed by atoms with Crippen LogP contribution in [0.15, 0.2) is 73.9 Å². The molecular weight excluding hydrogens is 575 g/mol. The number of furan rings is 1. The van der Waals surface area contributed by atoms with Crippen molar-refractivity contribution in [1.82, 2.24) is 24.1 Å². The van der Waals surface area contributed by atoms with Gasteiger partial charge in [-0.25, -0.2) is 10.2 Å². The number of rotatable bonds is 8. The molecule has 5 rings (SSSR count). The Labute approximate surface area is 241 Å². The van der Waals surface area contributed by atoms with Crippen LogP contribution in [-0.4, -0.2) is 37.9 Å². The maximum absolute atomic E-state index is 13.2. The van der Waals surface area contributed by atoms with Crippen molar-refractivity contribution in [2.24, 2.45) is 19.2 Å². The quantitative estimate of drug-likeness (QED) is 0.212. The molecule has 3 aromatic heterocycles. The molecule has 1 amide bonds. The minimum atomic E-state index is -0.550. The highest BCUT2D eigenvalue weighted by Gasteiger charge is 2.22. The van der Waals surface area contributed by atoms with Crippen LogP contribution < -0.4 is 26.1 Å². The minimum Gasteiger partial charge on any atom is -0.493 e. The van der Waals surface area contributed by atoms with Crippen LogP contribution in [0.5, 0.6) is 17.5 Å². The molecule has 0 saturated carbocycles. The Balaban J connectivity index is 1.52. The van der Waals surface area contributed by atoms with Gasteiger partial charge in [0.2, 0.25) is 0 Å². The van der Waals surface area contributed by atoms with Crippen LogP contribution >= 0.6 is 23.2 Å². The topological polar surface area (TPSA) is 135 Å². The third-order valence-electron chi connectivity index (χ3n) is 6.17. The molecule has 0 aliphatic rings. The summed E-state index contributed by atoms with van der Waals surface area (Å²) in [7, 11) is 4.36. The van der Waals surface area contributed by atoms with Gasteiger partial charge in [0, 0.05) is 24.1 Å². The van der Waals surface area contributed by atoms with Crippen LogP contribution in [0, 0.1) is 0 Å². The molecule has 0 atom stereocenters. The average Bonchev–Trinajstić information content (AvgIpc) is 3.62. The van der Waals surface area contributed by atoms with Crippen molar-refractivity contribution in [3.05, 3.63) is 103 Å². The van der Waals surface area contributed by atoms with Crippen molar-refractivity contribution in [2.75, 3.05) is 7.11 Å². The summed E-state index contributed by atoms with van der Waals surface area (Å²) in [5, 5.41) is 4.78. The molecule has 41 heavy (non-hydrogen) atoms. The second-order valence-corrected chi connectivity index (χ2v) is 9.63. The lowest BCUT2D eigenvalue weighted by molar-refractivity contribution is 0.0927. The summed E-state index contributed by atoms with van der Waals surface area (Å²) in [6, 6.07) is 13.1. The smallest absolute Gasteiger partial charge is 0.332 e. The number of hydrogen-bond acceptors (Lipinski definition) is 8. The number of fused-ring (bicyclic) bond motifs is 1. The van der Waals surface area contributed by atoms with Crippen molar-refractivity contribution in [3.8, 4) is 17.5 Å². The van der Waals surface area contributed by atoms with Crippen LogP contribution in [0.25, 0.3) is 11.2 Å². The molecule has 0 aliphatic carbocycles. The third-order valence-corrected chi connectivity index (χ3v) is 6.76. The van der Waals surface area contributed by atoms with E-state index < -0.39 is 17.2 Å². The summed E-state index contributed by atoms with van der Waals surface area (Å²) < 4.78 is 20.5. The molecular formula is C27H22Cl2N6O6. The van der Waals surface area contributed by atoms with Crippen molar-refractivity contribution in [3.63, 3.8) is 0 Å². The predicted molar refractivity (Wildman–Crippen MR) is 153 cm³/mol. The van der Waals surface area contributed by atoms with Gasteiger partial charge in [-0.05, 0) is 53.6 Å². The molecule has 1 N–H and O–H groups in total. The van der Waals surface area contributed by atoms with E-state index in [4.69, 9.17) is 37.1 Å². The zero-order chi connectivity index (χ0) is 29.3. The number of hydrogen-bond donors (Lipinski definition) is 1. The van der Waals surface area contributed by atoms with Crippen LogP contribution in [0.2, 0.25) is 10.0 Å². The van der Waals surface area contributed by atoms with E-state index >= 15 is 0 Å². The minimum absolute atomic E-state index is 0.0229. The van der Waals surface area contributed by atoms with E-state index in [0.717, 1.165) is 4.57 Å². The van der Waals surface area contributed by atoms with E-state index in [2.05, 4.69) is 15.5 Å². The second kappa shape index (κ2) is 11.4. The summed E-state index contributed by atoms with van der Waals surface area (Å²) in [6.45, 7) is 0.0949. The van der Waals surface area contributed by atoms with Gasteiger partial charge in [-0.2, -0.15) is 10.1 Å². The normalized spacial score (nSPS) is 11.3. The van der Waals surface area contributed by atoms with Gasteiger partial charge in [-0.15, -0.1) is 0 Å². The number of carbonyl (C=O) groups is 1. The number of imidazole rings is 1. The number of hydrazone groups is 1. The predicted octanol–water partition coefficient (Wildman–Crippen LogP) is 3.95. The molecule has 0 aliphatic heterocycles. The fourth-order valence-corrected chi connectivity index (χ4v) is 4.52. The number of aryl methyl sites for hydroxylation is 1. The summed E-state index contributed by atoms with van der Waals surface area (Å²) in [5.41, 5.74) is 2.79. The van der Waals surface area contributed by atoms with Gasteiger partial charge in [0.1, 0.15) is 0 Å². The lowest BCUT2D eigenvalue weighted by atomic mass is 10.2. The summed E-state index contributed by atoms with van der Waals surface area (Å²) in [6.07, 6.45) is 2.81. The largest absolute Gasteiger partial charge is 0.493 e. The van der Waals surface area contributed by atoms with E-state index in [1.165, 1.54) is 48.9 Å². The Morgan fingerprint density at radius 1 is 1.10 bits per heavy atom. The van der Waals surface area contributed by atoms with Crippen molar-refractivity contribution < 1.29 is 18.7 Å². The van der Waals surface area contributed by atoms with Crippen molar-refractivity contribution >= 4 is 46.5 Å². The van der Waals surface area contributed by atoms with E-state index in [1.54, 1.807) is 42.5 Å². The highest BCUT2D eigenvalue weighted by Crippen LogP contribution is 2.33. The van der Waals surface area contributed by atoms with E-state index in [0.29, 0.717) is 26.9 Å². The first kappa shape index (κ1) is 27.7. The molecule has 0 saturated heterocycles. The number of benzene rings is 2. The van der Waals surface area contributed by atoms with Gasteiger partial charge in [0.15, 0.2) is 28.4 Å². The molecule has 0 fully saturated rings. The first-order chi connectivity index (χ1) is 19.7. The van der Waals surface area contributed by atoms with Crippen LogP contribution in [0.1, 0.15) is 21.7 Å². The van der Waals surface area contributed by atoms with Gasteiger partial charge < -0.3 is 13.9 Å². The summed E-state index contributed by atoms with van der Waals surface area (Å²) >= 11 is 12.5. The highest BCUT2D eigenvalue weighted by atomic mass is 35.5. The zero-order valence-electron chi connectivity index (χ0n) is 21.9. The molecule has 0 bridgehead atoms. The van der Waals surface area contributed by atoms with Gasteiger partial charge in [0.05, 0.1) is 26.1 Å². The van der Waals surface area contributed by atoms with Crippen molar-refractivity contribution in [2.45, 2.75) is 6.54 Å². The number of carbonyl (C=O) groups excluding carboxylic acids is 1. The van der Waals surface area contributed by atoms with Gasteiger partial charge in [0.25, 0.3) is 5.56 Å². The van der Waals surface area contributed by atoms with Crippen LogP contribution in [-0.2, 0) is 20.6 Å². The summed E-state index contributed by atoms with van der Waals surface area (Å²) in [5.74, 6) is 0.207. The van der Waals surface area contributed by atoms with Gasteiger partial charge >= 0.3 is 17.6 Å². The van der Waals surface area contributed by atoms with Gasteiger partial charge in [-0.1, -0.05) is 29.3 Å². The van der Waals surface area contributed by atoms with E-state index in [-0.39, 0.29) is 35.2 Å². The van der Waals surface area contributed by atoms with Gasteiger partial charge in [-0.3, -0.25) is 23.3 Å². The van der Waals surface area contributed by atoms with Crippen molar-refractivity contribution in [1.29, 1.82) is 0 Å². The maximum atomic E-state index is 13.2. The molecule has 12 nitrogen and oxygen atoms in total. The Morgan fingerprint density at radius 3 is 2.61 bits per heavy atom. The van der Waals surface area contributed by atoms with E-state index in [9.17, 15) is 14.4 Å². The van der Waals surface area contributed by atoms with Crippen LogP contribution in [0.3, 0.4) is 0 Å². The molecule has 14 heteroatoms. The SMILES string of the molecule is COc1cc(C=NNC(=O)c2ccco2)ccc1Oc1nc2c(c(=O)n(C)c(=O)n2C)n1Cc1ccc(Cl)cc1Cl. The number of nitrogens with one attached hydrogen (secondary N) is 1. The number of ether oxygens (including phenoxy) is 2. The standard InChI is InChI=1S/C27H22Cl2N6O6/c1-33-23-22(25(37)34(2)27(33)38)35(14-16-7-8-17(28)12-18(16)29)26(31-23)41-19-9-6-15(11-21(19)39-3)13-30-32-24(36)20-5-4-10-40-20/h4-13H,14H2,1-3H3,(H,32,36). The molecule has 210 valence electrons. The fraction of sp³-hybridized carbons (Fsp3) is 0.148. The molecule has 0 radical (unpaired) electrons. The Morgan fingerprint density at radius 2 is 1.90 bits per heavy atom. The number of halogens is 2. The summed E-state index contributed by atoms with van der Waals surface area (Å²) in [4.78, 5) is 42.3. The molecule has 0 spiro atoms. The highest BCUT2D eigenvalue weighted by molar-refractivity contribution is 6.35. The zero-order valence-corrected chi connectivity index (χ0v) is 23.4. The molecule has 2 aromatic carbocycles. The monoisotopic (exact) mass is 596 g/mol. The Hall–Kier alpha value is -4.81. The second-order valence-electron chi connectivity index (χ2n) is 8.78. The van der Waals surface area contributed by atoms with E-state index in [1.807, 2.05) is 0 Å². The lowest BCUT2D eigenvalue weighted by Gasteiger charge is -2.13. The fourth-order valence-electron chi connectivity index (χ4n) is 4.05. The Bertz CT molecular complexity index is 1920. The maximum Gasteiger partial charge on any atom is 0.332 e. The third kappa shape index (κ3) is 5.47.